The number of halogens is 1. The van der Waals surface area contributed by atoms with Gasteiger partial charge in [0.2, 0.25) is 0 Å². The van der Waals surface area contributed by atoms with Gasteiger partial charge in [0.05, 0.1) is 59.5 Å². The van der Waals surface area contributed by atoms with E-state index >= 15 is 0 Å². The number of hydrogen-bond donors (Lipinski definition) is 0. The fourth-order valence-electron chi connectivity index (χ4n) is 1.89. The molecule has 27 heavy (non-hydrogen) atoms. The Balaban J connectivity index is 3.01. The topological polar surface area (TPSA) is 72.5 Å². The molecule has 0 aliphatic carbocycles. The zero-order valence-electron chi connectivity index (χ0n) is 16.3. The number of ether oxygens (including phenoxy) is 6. The van der Waals surface area contributed by atoms with E-state index in [9.17, 15) is 4.79 Å². The maximum atomic E-state index is 10.8. The molecule has 0 bridgehead atoms. The lowest BCUT2D eigenvalue weighted by Crippen LogP contribution is -2.14. The molecule has 0 saturated heterocycles. The van der Waals surface area contributed by atoms with Gasteiger partial charge in [0.1, 0.15) is 6.61 Å². The first-order valence-electron chi connectivity index (χ1n) is 9.55. The van der Waals surface area contributed by atoms with Crippen molar-refractivity contribution in [2.45, 2.75) is 25.7 Å². The van der Waals surface area contributed by atoms with E-state index in [0.29, 0.717) is 59.5 Å². The van der Waals surface area contributed by atoms with Gasteiger partial charge in [0.25, 0.3) is 0 Å². The Bertz CT molecular complexity index is 329. The first kappa shape index (κ1) is 26.7. The van der Waals surface area contributed by atoms with Crippen LogP contribution in [-0.4, -0.2) is 83.1 Å². The molecule has 0 amide bonds. The van der Waals surface area contributed by atoms with Gasteiger partial charge in [-0.25, -0.2) is 4.79 Å². The average molecular weight is 502 g/mol. The summed E-state index contributed by atoms with van der Waals surface area (Å²) in [7, 11) is 0. The largest absolute Gasteiger partial charge is 0.460 e. The minimum atomic E-state index is -0.443. The summed E-state index contributed by atoms with van der Waals surface area (Å²) in [5, 5.41) is 0. The molecule has 160 valence electrons. The highest BCUT2D eigenvalue weighted by atomic mass is 127. The molecule has 0 aromatic rings. The molecule has 0 fully saturated rings. The summed E-state index contributed by atoms with van der Waals surface area (Å²) in [5.74, 6) is -0.443. The molecule has 0 aromatic carbocycles. The Labute approximate surface area is 177 Å². The Hall–Kier alpha value is -0.260. The van der Waals surface area contributed by atoms with Gasteiger partial charge in [0, 0.05) is 12.7 Å². The number of carbonyl (C=O) groups is 1. The molecular formula is C19H35IO7. The molecule has 0 saturated carbocycles. The van der Waals surface area contributed by atoms with Crippen molar-refractivity contribution in [2.75, 3.05) is 77.1 Å². The van der Waals surface area contributed by atoms with Gasteiger partial charge >= 0.3 is 5.97 Å². The highest BCUT2D eigenvalue weighted by Crippen LogP contribution is 2.02. The van der Waals surface area contributed by atoms with Gasteiger partial charge < -0.3 is 28.4 Å². The summed E-state index contributed by atoms with van der Waals surface area (Å²) in [6.45, 7) is 9.01. The third-order valence-electron chi connectivity index (χ3n) is 3.30. The third-order valence-corrected chi connectivity index (χ3v) is 4.06. The lowest BCUT2D eigenvalue weighted by Gasteiger charge is -2.08. The summed E-state index contributed by atoms with van der Waals surface area (Å²) in [5.41, 5.74) is 0. The van der Waals surface area contributed by atoms with Crippen LogP contribution >= 0.6 is 22.6 Å². The molecule has 0 atom stereocenters. The van der Waals surface area contributed by atoms with Crippen molar-refractivity contribution in [1.82, 2.24) is 0 Å². The smallest absolute Gasteiger partial charge is 0.330 e. The van der Waals surface area contributed by atoms with Crippen LogP contribution in [0.2, 0.25) is 0 Å². The van der Waals surface area contributed by atoms with Crippen LogP contribution < -0.4 is 0 Å². The SMILES string of the molecule is C=CC(=O)OCCOCCOCCOCCOCCOCCCCCCI. The predicted octanol–water partition coefficient (Wildman–Crippen LogP) is 2.79. The van der Waals surface area contributed by atoms with Gasteiger partial charge in [-0.3, -0.25) is 0 Å². The number of esters is 1. The summed E-state index contributed by atoms with van der Waals surface area (Å²) in [6, 6.07) is 0. The standard InChI is InChI=1S/C19H35IO7/c1-2-19(21)27-18-17-26-16-15-25-14-13-24-12-11-23-10-9-22-8-6-4-3-5-7-20/h2H,1,3-18H2. The second kappa shape index (κ2) is 23.8. The van der Waals surface area contributed by atoms with Crippen LogP contribution in [0.25, 0.3) is 0 Å². The van der Waals surface area contributed by atoms with Crippen molar-refractivity contribution >= 4 is 28.6 Å². The average Bonchev–Trinajstić information content (AvgIpc) is 2.68. The minimum Gasteiger partial charge on any atom is -0.460 e. The molecule has 0 spiro atoms. The normalized spacial score (nSPS) is 10.9. The summed E-state index contributed by atoms with van der Waals surface area (Å²) in [4.78, 5) is 10.8. The van der Waals surface area contributed by atoms with Gasteiger partial charge in [-0.1, -0.05) is 42.0 Å². The van der Waals surface area contributed by atoms with Crippen molar-refractivity contribution in [3.8, 4) is 0 Å². The van der Waals surface area contributed by atoms with Crippen LogP contribution in [0.3, 0.4) is 0 Å². The molecule has 8 heteroatoms. The zero-order valence-corrected chi connectivity index (χ0v) is 18.5. The fraction of sp³-hybridized carbons (Fsp3) is 0.842. The zero-order chi connectivity index (χ0) is 19.8. The number of alkyl halides is 1. The third kappa shape index (κ3) is 23.7. The van der Waals surface area contributed by atoms with Crippen LogP contribution in [-0.2, 0) is 33.2 Å². The molecule has 0 unspecified atom stereocenters. The van der Waals surface area contributed by atoms with Crippen molar-refractivity contribution in [3.05, 3.63) is 12.7 Å². The predicted molar refractivity (Wildman–Crippen MR) is 113 cm³/mol. The van der Waals surface area contributed by atoms with Crippen molar-refractivity contribution in [2.24, 2.45) is 0 Å². The molecule has 0 radical (unpaired) electrons. The van der Waals surface area contributed by atoms with E-state index in [2.05, 4.69) is 29.2 Å². The van der Waals surface area contributed by atoms with E-state index in [-0.39, 0.29) is 6.61 Å². The molecule has 0 aliphatic heterocycles. The van der Waals surface area contributed by atoms with Gasteiger partial charge in [-0.05, 0) is 17.3 Å². The first-order chi connectivity index (χ1) is 13.3. The fourth-order valence-corrected chi connectivity index (χ4v) is 2.43. The number of unbranched alkanes of at least 4 members (excludes halogenated alkanes) is 3. The molecule has 0 rings (SSSR count). The highest BCUT2D eigenvalue weighted by Gasteiger charge is 1.96. The van der Waals surface area contributed by atoms with Crippen LogP contribution in [0.5, 0.6) is 0 Å². The summed E-state index contributed by atoms with van der Waals surface area (Å²) in [6.07, 6.45) is 6.10. The Morgan fingerprint density at radius 2 is 1.04 bits per heavy atom. The number of rotatable bonds is 22. The van der Waals surface area contributed by atoms with Crippen LogP contribution in [0.4, 0.5) is 0 Å². The summed E-state index contributed by atoms with van der Waals surface area (Å²) < 4.78 is 32.9. The number of hydrogen-bond acceptors (Lipinski definition) is 7. The maximum absolute atomic E-state index is 10.8. The minimum absolute atomic E-state index is 0.220. The highest BCUT2D eigenvalue weighted by molar-refractivity contribution is 14.1. The Kier molecular flexibility index (Phi) is 23.5. The van der Waals surface area contributed by atoms with E-state index in [1.807, 2.05) is 0 Å². The maximum Gasteiger partial charge on any atom is 0.330 e. The van der Waals surface area contributed by atoms with E-state index in [1.165, 1.54) is 23.7 Å². The first-order valence-corrected chi connectivity index (χ1v) is 11.1. The second-order valence-corrected chi connectivity index (χ2v) is 6.62. The lowest BCUT2D eigenvalue weighted by molar-refractivity contribution is -0.139. The summed E-state index contributed by atoms with van der Waals surface area (Å²) >= 11 is 2.41. The monoisotopic (exact) mass is 502 g/mol. The van der Waals surface area contributed by atoms with Crippen molar-refractivity contribution in [1.29, 1.82) is 0 Å². The molecule has 0 heterocycles. The molecule has 7 nitrogen and oxygen atoms in total. The van der Waals surface area contributed by atoms with Crippen molar-refractivity contribution in [3.63, 3.8) is 0 Å². The second-order valence-electron chi connectivity index (χ2n) is 5.54. The van der Waals surface area contributed by atoms with E-state index in [4.69, 9.17) is 28.4 Å². The van der Waals surface area contributed by atoms with Crippen molar-refractivity contribution < 1.29 is 33.2 Å². The van der Waals surface area contributed by atoms with Gasteiger partial charge in [0.15, 0.2) is 0 Å². The Morgan fingerprint density at radius 3 is 1.48 bits per heavy atom. The van der Waals surface area contributed by atoms with Gasteiger partial charge in [-0.2, -0.15) is 0 Å². The van der Waals surface area contributed by atoms with Crippen LogP contribution in [0.15, 0.2) is 12.7 Å². The van der Waals surface area contributed by atoms with Crippen LogP contribution in [0, 0.1) is 0 Å². The lowest BCUT2D eigenvalue weighted by atomic mass is 10.2. The quantitative estimate of drug-likeness (QED) is 0.0742. The molecular weight excluding hydrogens is 467 g/mol. The van der Waals surface area contributed by atoms with Gasteiger partial charge in [-0.15, -0.1) is 0 Å². The molecule has 0 aromatic heterocycles. The van der Waals surface area contributed by atoms with E-state index in [1.54, 1.807) is 0 Å². The van der Waals surface area contributed by atoms with E-state index < -0.39 is 5.97 Å². The number of carbonyl (C=O) groups excluding carboxylic acids is 1. The molecule has 0 aliphatic rings. The van der Waals surface area contributed by atoms with E-state index in [0.717, 1.165) is 19.1 Å². The van der Waals surface area contributed by atoms with Crippen LogP contribution in [0.1, 0.15) is 25.7 Å². The Morgan fingerprint density at radius 1 is 0.630 bits per heavy atom. The molecule has 0 N–H and O–H groups in total.